The number of benzene rings is 3. The lowest BCUT2D eigenvalue weighted by Crippen LogP contribution is -2.46. The summed E-state index contributed by atoms with van der Waals surface area (Å²) < 4.78 is 15.9. The lowest BCUT2D eigenvalue weighted by atomic mass is 10.0. The second kappa shape index (κ2) is 9.66. The highest BCUT2D eigenvalue weighted by Gasteiger charge is 2.24. The van der Waals surface area contributed by atoms with Gasteiger partial charge in [0.25, 0.3) is 0 Å². The summed E-state index contributed by atoms with van der Waals surface area (Å²) >= 11 is 12.4. The molecule has 0 bridgehead atoms. The first kappa shape index (κ1) is 22.7. The fraction of sp³-hybridized carbons (Fsp3) is 0.192. The molecule has 0 amide bonds. The molecule has 5 nitrogen and oxygen atoms in total. The molecular weight excluding hydrogens is 472 g/mol. The van der Waals surface area contributed by atoms with Crippen LogP contribution in [0.1, 0.15) is 5.69 Å². The SMILES string of the molecule is Nc1c(-c2ccccc2)c(CN2CCN(c3ccccc3F)CC2)nn1-c1ccc(Cl)c(Cl)c1. The van der Waals surface area contributed by atoms with Crippen LogP contribution < -0.4 is 10.6 Å². The first-order valence-corrected chi connectivity index (χ1v) is 11.9. The predicted molar refractivity (Wildman–Crippen MR) is 137 cm³/mol. The van der Waals surface area contributed by atoms with Gasteiger partial charge in [0.15, 0.2) is 0 Å². The third kappa shape index (κ3) is 4.49. The van der Waals surface area contributed by atoms with Gasteiger partial charge in [0.05, 0.1) is 27.1 Å². The van der Waals surface area contributed by atoms with Gasteiger partial charge in [0.2, 0.25) is 0 Å². The fourth-order valence-corrected chi connectivity index (χ4v) is 4.68. The van der Waals surface area contributed by atoms with Crippen molar-refractivity contribution in [2.45, 2.75) is 6.54 Å². The number of nitrogens with zero attached hydrogens (tertiary/aromatic N) is 4. The minimum atomic E-state index is -0.185. The zero-order valence-electron chi connectivity index (χ0n) is 18.5. The summed E-state index contributed by atoms with van der Waals surface area (Å²) in [5.74, 6) is 0.361. The number of aromatic nitrogens is 2. The van der Waals surface area contributed by atoms with Crippen molar-refractivity contribution in [3.8, 4) is 16.8 Å². The topological polar surface area (TPSA) is 50.3 Å². The highest BCUT2D eigenvalue weighted by Crippen LogP contribution is 2.34. The van der Waals surface area contributed by atoms with Gasteiger partial charge in [-0.2, -0.15) is 5.10 Å². The van der Waals surface area contributed by atoms with Gasteiger partial charge in [0.1, 0.15) is 11.6 Å². The Kier molecular flexibility index (Phi) is 6.46. The Morgan fingerprint density at radius 1 is 0.853 bits per heavy atom. The van der Waals surface area contributed by atoms with Gasteiger partial charge in [-0.05, 0) is 35.9 Å². The summed E-state index contributed by atoms with van der Waals surface area (Å²) in [5, 5.41) is 5.81. The zero-order valence-corrected chi connectivity index (χ0v) is 20.0. The van der Waals surface area contributed by atoms with Crippen LogP contribution in [0.15, 0.2) is 72.8 Å². The number of anilines is 2. The number of nitrogens with two attached hydrogens (primary N) is 1. The van der Waals surface area contributed by atoms with Crippen molar-refractivity contribution in [2.24, 2.45) is 0 Å². The summed E-state index contributed by atoms with van der Waals surface area (Å²) in [6.07, 6.45) is 0. The van der Waals surface area contributed by atoms with E-state index in [0.29, 0.717) is 28.1 Å². The standard InChI is InChI=1S/C26H24Cl2FN5/c27-20-11-10-19(16-21(20)28)34-26(30)25(18-6-2-1-3-7-18)23(31-34)17-32-12-14-33(15-13-32)24-9-5-4-8-22(24)29/h1-11,16H,12-15,17,30H2. The molecule has 4 aromatic rings. The van der Waals surface area contributed by atoms with Crippen molar-refractivity contribution in [1.82, 2.24) is 14.7 Å². The van der Waals surface area contributed by atoms with Crippen LogP contribution in [0.25, 0.3) is 16.8 Å². The third-order valence-corrected chi connectivity index (χ3v) is 6.88. The molecule has 0 atom stereocenters. The van der Waals surface area contributed by atoms with Gasteiger partial charge in [-0.25, -0.2) is 9.07 Å². The molecule has 0 aliphatic carbocycles. The van der Waals surface area contributed by atoms with E-state index in [2.05, 4.69) is 9.80 Å². The monoisotopic (exact) mass is 495 g/mol. The van der Waals surface area contributed by atoms with Crippen LogP contribution in [0, 0.1) is 5.82 Å². The van der Waals surface area contributed by atoms with Gasteiger partial charge in [-0.1, -0.05) is 65.7 Å². The Labute approximate surface area is 208 Å². The van der Waals surface area contributed by atoms with Gasteiger partial charge in [-0.3, -0.25) is 4.90 Å². The van der Waals surface area contributed by atoms with Gasteiger partial charge in [0, 0.05) is 38.3 Å². The van der Waals surface area contributed by atoms with E-state index in [-0.39, 0.29) is 5.82 Å². The number of hydrogen-bond acceptors (Lipinski definition) is 4. The van der Waals surface area contributed by atoms with Crippen LogP contribution in [0.5, 0.6) is 0 Å². The molecule has 2 N–H and O–H groups in total. The van der Waals surface area contributed by atoms with Crippen LogP contribution in [-0.2, 0) is 6.54 Å². The Morgan fingerprint density at radius 3 is 2.26 bits per heavy atom. The summed E-state index contributed by atoms with van der Waals surface area (Å²) in [5.41, 5.74) is 10.8. The van der Waals surface area contributed by atoms with E-state index in [1.807, 2.05) is 48.5 Å². The fourth-order valence-electron chi connectivity index (χ4n) is 4.39. The molecule has 34 heavy (non-hydrogen) atoms. The molecule has 0 spiro atoms. The van der Waals surface area contributed by atoms with E-state index in [4.69, 9.17) is 34.0 Å². The molecule has 2 heterocycles. The Balaban J connectivity index is 1.43. The van der Waals surface area contributed by atoms with Crippen LogP contribution >= 0.6 is 23.2 Å². The average molecular weight is 496 g/mol. The van der Waals surface area contributed by atoms with Crippen molar-refractivity contribution in [3.05, 3.63) is 94.4 Å². The van der Waals surface area contributed by atoms with Crippen molar-refractivity contribution in [1.29, 1.82) is 0 Å². The summed E-state index contributed by atoms with van der Waals surface area (Å²) in [7, 11) is 0. The van der Waals surface area contributed by atoms with Crippen molar-refractivity contribution in [3.63, 3.8) is 0 Å². The van der Waals surface area contributed by atoms with E-state index in [1.54, 1.807) is 22.9 Å². The molecule has 0 saturated carbocycles. The van der Waals surface area contributed by atoms with Crippen molar-refractivity contribution < 1.29 is 4.39 Å². The van der Waals surface area contributed by atoms with Crippen molar-refractivity contribution >= 4 is 34.7 Å². The molecule has 0 unspecified atom stereocenters. The first-order valence-electron chi connectivity index (χ1n) is 11.1. The molecule has 1 aliphatic heterocycles. The molecule has 3 aromatic carbocycles. The molecule has 5 rings (SSSR count). The molecule has 0 radical (unpaired) electrons. The summed E-state index contributed by atoms with van der Waals surface area (Å²) in [4.78, 5) is 4.41. The van der Waals surface area contributed by atoms with Crippen molar-refractivity contribution in [2.75, 3.05) is 36.8 Å². The number of nitrogen functional groups attached to an aromatic ring is 1. The summed E-state index contributed by atoms with van der Waals surface area (Å²) in [6.45, 7) is 3.70. The maximum absolute atomic E-state index is 14.2. The Bertz CT molecular complexity index is 1300. The minimum Gasteiger partial charge on any atom is -0.383 e. The molecule has 1 aliphatic rings. The minimum absolute atomic E-state index is 0.185. The maximum atomic E-state index is 14.2. The van der Waals surface area contributed by atoms with E-state index in [0.717, 1.165) is 48.7 Å². The molecular formula is C26H24Cl2FN5. The van der Waals surface area contributed by atoms with E-state index < -0.39 is 0 Å². The number of rotatable bonds is 5. The third-order valence-electron chi connectivity index (χ3n) is 6.14. The highest BCUT2D eigenvalue weighted by molar-refractivity contribution is 6.42. The molecule has 1 aromatic heterocycles. The number of halogens is 3. The second-order valence-electron chi connectivity index (χ2n) is 8.30. The zero-order chi connectivity index (χ0) is 23.7. The number of piperazine rings is 1. The Morgan fingerprint density at radius 2 is 1.56 bits per heavy atom. The van der Waals surface area contributed by atoms with Crippen LogP contribution in [0.2, 0.25) is 10.0 Å². The molecule has 1 saturated heterocycles. The quantitative estimate of drug-likeness (QED) is 0.375. The van der Waals surface area contributed by atoms with E-state index in [9.17, 15) is 4.39 Å². The second-order valence-corrected chi connectivity index (χ2v) is 9.11. The van der Waals surface area contributed by atoms with Gasteiger partial charge in [-0.15, -0.1) is 0 Å². The molecule has 174 valence electrons. The van der Waals surface area contributed by atoms with Crippen LogP contribution in [0.3, 0.4) is 0 Å². The maximum Gasteiger partial charge on any atom is 0.146 e. The molecule has 8 heteroatoms. The van der Waals surface area contributed by atoms with E-state index >= 15 is 0 Å². The van der Waals surface area contributed by atoms with Crippen LogP contribution in [0.4, 0.5) is 15.9 Å². The largest absolute Gasteiger partial charge is 0.383 e. The van der Waals surface area contributed by atoms with Crippen LogP contribution in [-0.4, -0.2) is 40.9 Å². The van der Waals surface area contributed by atoms with Gasteiger partial charge >= 0.3 is 0 Å². The summed E-state index contributed by atoms with van der Waals surface area (Å²) in [6, 6.07) is 22.3. The molecule has 1 fully saturated rings. The lowest BCUT2D eigenvalue weighted by molar-refractivity contribution is 0.246. The lowest BCUT2D eigenvalue weighted by Gasteiger charge is -2.36. The van der Waals surface area contributed by atoms with Gasteiger partial charge < -0.3 is 10.6 Å². The average Bonchev–Trinajstić information content (AvgIpc) is 3.18. The first-order chi connectivity index (χ1) is 16.5. The van der Waals surface area contributed by atoms with E-state index in [1.165, 1.54) is 6.07 Å². The Hall–Kier alpha value is -3.06. The highest BCUT2D eigenvalue weighted by atomic mass is 35.5. The predicted octanol–water partition coefficient (Wildman–Crippen LogP) is 5.89. The number of para-hydroxylation sites is 1. The smallest absolute Gasteiger partial charge is 0.146 e. The number of hydrogen-bond donors (Lipinski definition) is 1. The normalized spacial score (nSPS) is 14.5.